The summed E-state index contributed by atoms with van der Waals surface area (Å²) in [4.78, 5) is 68.7. The lowest BCUT2D eigenvalue weighted by Crippen LogP contribution is -2.37. The van der Waals surface area contributed by atoms with E-state index in [4.69, 9.17) is 62.1 Å². The van der Waals surface area contributed by atoms with Gasteiger partial charge in [0.1, 0.15) is 39.3 Å². The maximum Gasteiger partial charge on any atom is 0.490 e. The van der Waals surface area contributed by atoms with E-state index in [1.54, 1.807) is 28.9 Å². The normalized spacial score (nSPS) is 13.4. The number of carboxylic acid groups (broad SMARTS) is 1. The summed E-state index contributed by atoms with van der Waals surface area (Å²) in [5.41, 5.74) is 16.7. The summed E-state index contributed by atoms with van der Waals surface area (Å²) in [5.74, 6) is -2.56. The van der Waals surface area contributed by atoms with Crippen molar-refractivity contribution in [2.24, 2.45) is 11.5 Å². The number of rotatable bonds is 16. The highest BCUT2D eigenvalue weighted by molar-refractivity contribution is 6.37. The molecule has 0 bridgehead atoms. The number of H-pyrrole nitrogens is 1. The van der Waals surface area contributed by atoms with Gasteiger partial charge in [-0.3, -0.25) is 28.6 Å². The first kappa shape index (κ1) is 51.5. The first-order valence-corrected chi connectivity index (χ1v) is 23.5. The summed E-state index contributed by atoms with van der Waals surface area (Å²) < 4.78 is 57.1. The number of alkyl halides is 3. The lowest BCUT2D eigenvalue weighted by atomic mass is 10.1. The number of fused-ring (bicyclic) bond motifs is 6. The van der Waals surface area contributed by atoms with Gasteiger partial charge in [-0.15, -0.1) is 0 Å². The third-order valence-corrected chi connectivity index (χ3v) is 12.4. The second kappa shape index (κ2) is 21.1. The number of carbonyl (C=O) groups is 3. The largest absolute Gasteiger partial charge is 0.495 e. The number of nitrogens with one attached hydrogen (secondary N) is 1. The van der Waals surface area contributed by atoms with Crippen LogP contribution in [-0.4, -0.2) is 129 Å². The number of hydrogen-bond donors (Lipinski definition) is 4. The molecule has 0 unspecified atom stereocenters. The molecule has 6 N–H and O–H groups in total. The number of ether oxygens (including phenoxy) is 3. The number of aryl methyl sites for hydroxylation is 4. The monoisotopic (exact) mass is 1030 g/mol. The molecule has 0 aliphatic carbocycles. The number of aliphatic carboxylic acids is 1. The molecule has 0 atom stereocenters. The van der Waals surface area contributed by atoms with E-state index in [1.165, 1.54) is 7.11 Å². The maximum atomic E-state index is 14.3. The first-order valence-electron chi connectivity index (χ1n) is 23.1. The van der Waals surface area contributed by atoms with Gasteiger partial charge in [-0.1, -0.05) is 23.8 Å². The fraction of sp³-hybridized carbons (Fsp3) is 0.354. The lowest BCUT2D eigenvalue weighted by Gasteiger charge is -2.26. The predicted molar refractivity (Wildman–Crippen MR) is 265 cm³/mol. The fourth-order valence-corrected chi connectivity index (χ4v) is 9.12. The van der Waals surface area contributed by atoms with E-state index in [1.807, 2.05) is 65.8 Å². The summed E-state index contributed by atoms with van der Waals surface area (Å²) in [6.45, 7) is 13.6. The van der Waals surface area contributed by atoms with Crippen molar-refractivity contribution < 1.29 is 46.9 Å². The predicted octanol–water partition coefficient (Wildman–Crippen LogP) is 6.01. The Labute approximate surface area is 418 Å². The zero-order chi connectivity index (χ0) is 52.5. The topological polar surface area (TPSA) is 271 Å². The summed E-state index contributed by atoms with van der Waals surface area (Å²) >= 11 is 7.03. The molecule has 21 nitrogen and oxygen atoms in total. The van der Waals surface area contributed by atoms with Gasteiger partial charge in [-0.05, 0) is 70.5 Å². The van der Waals surface area contributed by atoms with Crippen LogP contribution < -0.4 is 26.5 Å². The Balaban J connectivity index is 0.000000948. The average molecular weight is 1030 g/mol. The smallest absolute Gasteiger partial charge is 0.490 e. The van der Waals surface area contributed by atoms with Gasteiger partial charge in [0.2, 0.25) is 11.8 Å². The number of carboxylic acids is 1. The second-order valence-electron chi connectivity index (χ2n) is 16.9. The molecule has 1 aliphatic heterocycles. The van der Waals surface area contributed by atoms with E-state index in [9.17, 15) is 27.6 Å². The Kier molecular flexibility index (Phi) is 14.9. The van der Waals surface area contributed by atoms with Crippen molar-refractivity contribution in [2.75, 3.05) is 46.6 Å². The number of nitrogens with zero attached hydrogens (tertiary/aromatic N) is 10. The van der Waals surface area contributed by atoms with Crippen molar-refractivity contribution in [2.45, 2.75) is 66.5 Å². The van der Waals surface area contributed by atoms with E-state index in [0.29, 0.717) is 112 Å². The Hall–Kier alpha value is -7.83. The zero-order valence-corrected chi connectivity index (χ0v) is 41.1. The highest BCUT2D eigenvalue weighted by atomic mass is 35.5. The number of nitrogens with two attached hydrogens (primary N) is 2. The molecule has 6 aromatic heterocycles. The van der Waals surface area contributed by atoms with Crippen LogP contribution in [0.5, 0.6) is 11.5 Å². The Morgan fingerprint density at radius 3 is 1.92 bits per heavy atom. The summed E-state index contributed by atoms with van der Waals surface area (Å²) in [7, 11) is 1.52. The minimum atomic E-state index is -5.08. The van der Waals surface area contributed by atoms with Crippen LogP contribution in [0.25, 0.3) is 66.9 Å². The van der Waals surface area contributed by atoms with Gasteiger partial charge in [0.15, 0.2) is 11.6 Å². The molecule has 7 heterocycles. The lowest BCUT2D eigenvalue weighted by molar-refractivity contribution is -0.192. The van der Waals surface area contributed by atoms with Gasteiger partial charge in [0.05, 0.1) is 60.1 Å². The van der Waals surface area contributed by atoms with E-state index in [-0.39, 0.29) is 34.8 Å². The van der Waals surface area contributed by atoms with E-state index >= 15 is 0 Å². The highest BCUT2D eigenvalue weighted by Gasteiger charge is 2.38. The number of benzene rings is 2. The van der Waals surface area contributed by atoms with E-state index in [2.05, 4.69) is 20.1 Å². The Morgan fingerprint density at radius 2 is 1.36 bits per heavy atom. The van der Waals surface area contributed by atoms with Crippen LogP contribution in [0.15, 0.2) is 53.3 Å². The van der Waals surface area contributed by atoms with Crippen molar-refractivity contribution in [1.29, 1.82) is 0 Å². The van der Waals surface area contributed by atoms with Crippen LogP contribution >= 0.6 is 11.6 Å². The van der Waals surface area contributed by atoms with Gasteiger partial charge in [0, 0.05) is 67.7 Å². The molecule has 73 heavy (non-hydrogen) atoms. The van der Waals surface area contributed by atoms with Gasteiger partial charge in [-0.2, -0.15) is 23.4 Å². The summed E-state index contributed by atoms with van der Waals surface area (Å²) in [6.07, 6.45) is -0.462. The van der Waals surface area contributed by atoms with Gasteiger partial charge < -0.3 is 44.9 Å². The van der Waals surface area contributed by atoms with Crippen molar-refractivity contribution in [3.8, 4) is 34.5 Å². The number of hydrogen-bond acceptors (Lipinski definition) is 13. The third-order valence-electron chi connectivity index (χ3n) is 12.1. The highest BCUT2D eigenvalue weighted by Crippen LogP contribution is 2.40. The van der Waals surface area contributed by atoms with Gasteiger partial charge in [-0.25, -0.2) is 19.7 Å². The SMILES string of the molecule is CCn1nc(C)cc1-c1nc(Cl)c2c3cc(C(N)=O)cc(OC)c3n(C/C=C/Cn3c4nc(-c5cc(C)nn5CC)[nH]c(=O)c4c4cc(C(N)=O)cc(OCCCN5CCOCC5)c43)c2n1.O=C(O)C(F)(F)F. The van der Waals surface area contributed by atoms with Crippen LogP contribution in [0, 0.1) is 13.8 Å². The Bertz CT molecular complexity index is 3530. The number of aromatic nitrogens is 10. The molecule has 0 spiro atoms. The van der Waals surface area contributed by atoms with Crippen LogP contribution in [0.1, 0.15) is 52.4 Å². The van der Waals surface area contributed by atoms with Crippen molar-refractivity contribution in [1.82, 2.24) is 53.5 Å². The molecular weight excluding hydrogens is 979 g/mol. The van der Waals surface area contributed by atoms with Gasteiger partial charge >= 0.3 is 12.1 Å². The molecule has 25 heteroatoms. The average Bonchev–Trinajstić information content (AvgIpc) is 4.11. The van der Waals surface area contributed by atoms with Crippen LogP contribution in [0.3, 0.4) is 0 Å². The molecule has 9 rings (SSSR count). The molecule has 0 saturated carbocycles. The number of carbonyl (C=O) groups excluding carboxylic acids is 2. The van der Waals surface area contributed by atoms with Crippen molar-refractivity contribution >= 4 is 73.3 Å². The van der Waals surface area contributed by atoms with E-state index < -0.39 is 29.5 Å². The van der Waals surface area contributed by atoms with Crippen LogP contribution in [0.2, 0.25) is 5.15 Å². The zero-order valence-electron chi connectivity index (χ0n) is 40.3. The number of halogens is 4. The molecule has 2 aromatic carbocycles. The summed E-state index contributed by atoms with van der Waals surface area (Å²) in [6, 6.07) is 10.3. The number of morpholine rings is 1. The van der Waals surface area contributed by atoms with Crippen LogP contribution in [0.4, 0.5) is 13.2 Å². The van der Waals surface area contributed by atoms with E-state index in [0.717, 1.165) is 31.0 Å². The number of aromatic amines is 1. The summed E-state index contributed by atoms with van der Waals surface area (Å²) in [5, 5.41) is 18.3. The first-order chi connectivity index (χ1) is 34.8. The second-order valence-corrected chi connectivity index (χ2v) is 17.3. The van der Waals surface area contributed by atoms with Crippen molar-refractivity contribution in [3.05, 3.63) is 86.6 Å². The number of primary amides is 2. The number of allylic oxidation sites excluding steroid dienone is 2. The molecule has 0 radical (unpaired) electrons. The molecule has 1 fully saturated rings. The quantitative estimate of drug-likeness (QED) is 0.0491. The maximum absolute atomic E-state index is 14.3. The molecular formula is C48H51ClF3N13O8. The molecule has 384 valence electrons. The molecule has 1 saturated heterocycles. The van der Waals surface area contributed by atoms with Crippen LogP contribution in [-0.2, 0) is 35.7 Å². The molecule has 2 amide bonds. The third kappa shape index (κ3) is 10.4. The number of methoxy groups -OCH3 is 1. The molecule has 1 aliphatic rings. The number of amides is 2. The molecule has 8 aromatic rings. The minimum absolute atomic E-state index is 0.178. The fourth-order valence-electron chi connectivity index (χ4n) is 8.85. The van der Waals surface area contributed by atoms with Gasteiger partial charge in [0.25, 0.3) is 5.56 Å². The Morgan fingerprint density at radius 1 is 0.822 bits per heavy atom. The minimum Gasteiger partial charge on any atom is -0.495 e. The van der Waals surface area contributed by atoms with Crippen molar-refractivity contribution in [3.63, 3.8) is 0 Å². The standard InChI is InChI=1S/C46H50ClN13O6.C2HF3O2/c1-6-59-31(19-25(3)54-59)42-50-39(47)35-29-21-27(40(48)61)23-33(64-5)37(29)57(44(35)51-42)12-8-9-13-58-38-30(36-45(58)52-43(53-46(36)63)32-20-26(4)55-60(32)7-2)22-28(41(49)62)24-34(38)66-16-10-11-56-14-17-65-18-15-56;3-2(4,5)1(6)7/h8-9,19-24H,6-7,10-18H2,1-5H3,(H2,48,61)(H2,49,62)(H,52,53,63);(H,6,7)/b9-8+;.